The first-order valence-corrected chi connectivity index (χ1v) is 20.3. The van der Waals surface area contributed by atoms with E-state index < -0.39 is 26.6 Å². The fraction of sp³-hybridized carbons (Fsp3) is 0.650. The predicted octanol–water partition coefficient (Wildman–Crippen LogP) is 10.4. The van der Waals surface area contributed by atoms with Crippen molar-refractivity contribution in [2.45, 2.75) is 154 Å². The minimum absolute atomic E-state index is 0.00208. The fourth-order valence-electron chi connectivity index (χ4n) is 7.24. The summed E-state index contributed by atoms with van der Waals surface area (Å²) < 4.78 is 85.0. The number of hydrogen-bond donors (Lipinski definition) is 2. The molecule has 0 amide bonds. The molecule has 2 aliphatic rings. The van der Waals surface area contributed by atoms with Gasteiger partial charge < -0.3 is 14.9 Å². The topological polar surface area (TPSA) is 108 Å². The Morgan fingerprint density at radius 2 is 1.09 bits per heavy atom. The SMILES string of the molecule is CC(C)(C)c1nc2cc(N)ccc2n1CC1CCC(F)(F)CC1.CC(C)(C)c1nc2cc(NS(=O)(=O)C(C)(C)C)ccc2n1CC1CCC(F)(F)CC1. The molecule has 4 aromatic rings. The van der Waals surface area contributed by atoms with Crippen LogP contribution in [-0.2, 0) is 33.9 Å². The second kappa shape index (κ2) is 14.4. The predicted molar refractivity (Wildman–Crippen MR) is 207 cm³/mol. The van der Waals surface area contributed by atoms with Gasteiger partial charge in [-0.05, 0) is 94.7 Å². The maximum Gasteiger partial charge on any atom is 0.248 e. The number of hydrogen-bond acceptors (Lipinski definition) is 5. The summed E-state index contributed by atoms with van der Waals surface area (Å²) in [5.74, 6) is -2.68. The van der Waals surface area contributed by atoms with Gasteiger partial charge in [0.1, 0.15) is 11.6 Å². The van der Waals surface area contributed by atoms with Gasteiger partial charge in [-0.3, -0.25) is 4.72 Å². The maximum absolute atomic E-state index is 13.6. The molecule has 2 saturated carbocycles. The van der Waals surface area contributed by atoms with Crippen molar-refractivity contribution in [2.75, 3.05) is 10.5 Å². The minimum atomic E-state index is -3.54. The maximum atomic E-state index is 13.6. The van der Waals surface area contributed by atoms with E-state index in [0.717, 1.165) is 34.7 Å². The Hall–Kier alpha value is -3.35. The van der Waals surface area contributed by atoms with Crippen LogP contribution in [0.5, 0.6) is 0 Å². The number of alkyl halides is 4. The third-order valence-corrected chi connectivity index (χ3v) is 12.6. The fourth-order valence-corrected chi connectivity index (χ4v) is 7.99. The van der Waals surface area contributed by atoms with Crippen LogP contribution in [0.2, 0.25) is 0 Å². The molecule has 0 saturated heterocycles. The van der Waals surface area contributed by atoms with Crippen LogP contribution >= 0.6 is 0 Å². The van der Waals surface area contributed by atoms with Crippen LogP contribution in [0.4, 0.5) is 28.9 Å². The van der Waals surface area contributed by atoms with Crippen LogP contribution in [0.15, 0.2) is 36.4 Å². The summed E-state index contributed by atoms with van der Waals surface area (Å²) in [4.78, 5) is 9.58. The highest BCUT2D eigenvalue weighted by Crippen LogP contribution is 2.40. The average molecular weight is 763 g/mol. The molecule has 0 aliphatic heterocycles. The summed E-state index contributed by atoms with van der Waals surface area (Å²) in [6.07, 6.45) is 2.03. The number of nitrogens with two attached hydrogens (primary N) is 1. The van der Waals surface area contributed by atoms with Crippen LogP contribution in [-0.4, -0.2) is 44.1 Å². The van der Waals surface area contributed by atoms with E-state index in [0.29, 0.717) is 49.1 Å². The van der Waals surface area contributed by atoms with Gasteiger partial charge in [0.15, 0.2) is 0 Å². The monoisotopic (exact) mass is 762 g/mol. The highest BCUT2D eigenvalue weighted by molar-refractivity contribution is 7.94. The molecule has 0 radical (unpaired) electrons. The van der Waals surface area contributed by atoms with Gasteiger partial charge in [0.05, 0.1) is 32.5 Å². The first-order valence-electron chi connectivity index (χ1n) is 18.8. The number of anilines is 2. The molecule has 2 heterocycles. The average Bonchev–Trinajstić information content (AvgIpc) is 3.56. The molecule has 8 nitrogen and oxygen atoms in total. The second-order valence-corrected chi connectivity index (χ2v) is 20.8. The van der Waals surface area contributed by atoms with Gasteiger partial charge in [-0.1, -0.05) is 41.5 Å². The standard InChI is InChI=1S/C22H33F2N3O2S.C18H25F2N3/c1-20(2,3)19-25-17-13-16(26-30(28,29)21(4,5)6)7-8-18(17)27(19)14-15-9-11-22(23,24)12-10-15;1-17(2,3)16-22-14-10-13(21)4-5-15(14)23(16)11-12-6-8-18(19,20)9-7-12/h7-8,13,15,26H,9-12,14H2,1-6H3;4-5,10,12H,6-9,11,21H2,1-3H3. The Bertz CT molecular complexity index is 2010. The number of nitrogens with one attached hydrogen (secondary N) is 1. The zero-order valence-electron chi connectivity index (χ0n) is 32.8. The molecule has 53 heavy (non-hydrogen) atoms. The van der Waals surface area contributed by atoms with E-state index in [4.69, 9.17) is 15.7 Å². The van der Waals surface area contributed by atoms with Gasteiger partial charge in [-0.15, -0.1) is 0 Å². The number of halogens is 4. The lowest BCUT2D eigenvalue weighted by Crippen LogP contribution is -2.33. The van der Waals surface area contributed by atoms with Gasteiger partial charge in [0.25, 0.3) is 0 Å². The molecule has 294 valence electrons. The van der Waals surface area contributed by atoms with Crippen LogP contribution in [0.3, 0.4) is 0 Å². The molecular formula is C40H58F4N6O2S. The van der Waals surface area contributed by atoms with E-state index in [1.165, 1.54) is 0 Å². The van der Waals surface area contributed by atoms with Crippen LogP contribution in [0.25, 0.3) is 22.1 Å². The normalized spacial score (nSPS) is 19.0. The first kappa shape index (κ1) is 40.8. The molecule has 13 heteroatoms. The molecule has 6 rings (SSSR count). The van der Waals surface area contributed by atoms with Gasteiger partial charge in [-0.2, -0.15) is 0 Å². The first-order chi connectivity index (χ1) is 24.2. The number of nitrogens with zero attached hydrogens (tertiary/aromatic N) is 4. The third-order valence-electron chi connectivity index (χ3n) is 10.5. The summed E-state index contributed by atoms with van der Waals surface area (Å²) in [7, 11) is -3.54. The lowest BCUT2D eigenvalue weighted by atomic mass is 9.86. The quantitative estimate of drug-likeness (QED) is 0.150. The number of nitrogen functional groups attached to an aromatic ring is 1. The Morgan fingerprint density at radius 3 is 1.49 bits per heavy atom. The molecular weight excluding hydrogens is 705 g/mol. The highest BCUT2D eigenvalue weighted by Gasteiger charge is 2.37. The van der Waals surface area contributed by atoms with Crippen molar-refractivity contribution in [3.05, 3.63) is 48.0 Å². The molecule has 2 aromatic carbocycles. The van der Waals surface area contributed by atoms with Crippen molar-refractivity contribution >= 4 is 43.5 Å². The zero-order valence-corrected chi connectivity index (χ0v) is 33.6. The van der Waals surface area contributed by atoms with Gasteiger partial charge in [0, 0.05) is 55.3 Å². The molecule has 2 aromatic heterocycles. The number of benzene rings is 2. The number of sulfonamides is 1. The molecule has 2 aliphatic carbocycles. The number of imidazole rings is 2. The molecule has 0 spiro atoms. The minimum Gasteiger partial charge on any atom is -0.399 e. The van der Waals surface area contributed by atoms with Gasteiger partial charge in [0.2, 0.25) is 21.9 Å². The second-order valence-electron chi connectivity index (χ2n) is 18.4. The van der Waals surface area contributed by atoms with Crippen molar-refractivity contribution in [3.63, 3.8) is 0 Å². The number of fused-ring (bicyclic) bond motifs is 2. The highest BCUT2D eigenvalue weighted by atomic mass is 32.2. The molecule has 0 bridgehead atoms. The van der Waals surface area contributed by atoms with Gasteiger partial charge >= 0.3 is 0 Å². The van der Waals surface area contributed by atoms with Crippen molar-refractivity contribution < 1.29 is 26.0 Å². The Morgan fingerprint density at radius 1 is 0.698 bits per heavy atom. The summed E-state index contributed by atoms with van der Waals surface area (Å²) >= 11 is 0. The number of rotatable bonds is 6. The Balaban J connectivity index is 0.000000211. The lowest BCUT2D eigenvalue weighted by Gasteiger charge is -2.30. The van der Waals surface area contributed by atoms with E-state index in [2.05, 4.69) is 55.4 Å². The van der Waals surface area contributed by atoms with E-state index >= 15 is 0 Å². The molecule has 2 fully saturated rings. The van der Waals surface area contributed by atoms with Crippen molar-refractivity contribution in [1.29, 1.82) is 0 Å². The zero-order chi connectivity index (χ0) is 39.4. The summed E-state index contributed by atoms with van der Waals surface area (Å²) in [5, 5.41) is 0. The van der Waals surface area contributed by atoms with Gasteiger partial charge in [-0.25, -0.2) is 35.9 Å². The van der Waals surface area contributed by atoms with E-state index in [1.807, 2.05) is 24.3 Å². The van der Waals surface area contributed by atoms with Crippen LogP contribution in [0, 0.1) is 11.8 Å². The Kier molecular flexibility index (Phi) is 11.1. The van der Waals surface area contributed by atoms with Crippen molar-refractivity contribution in [3.8, 4) is 0 Å². The molecule has 3 N–H and O–H groups in total. The number of aromatic nitrogens is 4. The molecule has 0 atom stereocenters. The lowest BCUT2D eigenvalue weighted by molar-refractivity contribution is -0.0478. The smallest absolute Gasteiger partial charge is 0.248 e. The van der Waals surface area contributed by atoms with E-state index in [9.17, 15) is 26.0 Å². The largest absolute Gasteiger partial charge is 0.399 e. The summed E-state index contributed by atoms with van der Waals surface area (Å²) in [6, 6.07) is 11.1. The van der Waals surface area contributed by atoms with Crippen molar-refractivity contribution in [2.24, 2.45) is 11.8 Å². The summed E-state index contributed by atoms with van der Waals surface area (Å²) in [6.45, 7) is 18.9. The van der Waals surface area contributed by atoms with E-state index in [-0.39, 0.29) is 48.3 Å². The third kappa shape index (κ3) is 9.67. The van der Waals surface area contributed by atoms with Crippen molar-refractivity contribution in [1.82, 2.24) is 19.1 Å². The summed E-state index contributed by atoms with van der Waals surface area (Å²) in [5.41, 5.74) is 10.2. The van der Waals surface area contributed by atoms with E-state index in [1.54, 1.807) is 32.9 Å². The van der Waals surface area contributed by atoms with Crippen LogP contribution in [0.1, 0.15) is 125 Å². The Labute approximate surface area is 312 Å². The molecule has 0 unspecified atom stereocenters. The van der Waals surface area contributed by atoms with Crippen LogP contribution < -0.4 is 10.5 Å².